The van der Waals surface area contributed by atoms with Crippen molar-refractivity contribution >= 4 is 66.8 Å². The van der Waals surface area contributed by atoms with E-state index in [0.29, 0.717) is 37.1 Å². The molecule has 0 radical (unpaired) electrons. The Kier molecular flexibility index (Phi) is 12.3. The molecule has 0 spiro atoms. The summed E-state index contributed by atoms with van der Waals surface area (Å²) in [5.41, 5.74) is 1.74. The van der Waals surface area contributed by atoms with Crippen molar-refractivity contribution in [3.63, 3.8) is 0 Å². The third-order valence-electron chi connectivity index (χ3n) is 7.48. The Labute approximate surface area is 317 Å². The molecule has 0 atom stereocenters. The van der Waals surface area contributed by atoms with Gasteiger partial charge in [-0.3, -0.25) is 0 Å². The quantitative estimate of drug-likeness (QED) is 0.105. The predicted octanol–water partition coefficient (Wildman–Crippen LogP) is 10.3. The summed E-state index contributed by atoms with van der Waals surface area (Å²) in [6, 6.07) is 23.7. The lowest BCUT2D eigenvalue weighted by atomic mass is 10.0. The van der Waals surface area contributed by atoms with Gasteiger partial charge in [-0.05, 0) is 115 Å². The first-order chi connectivity index (χ1) is 25.4. The molecule has 0 saturated heterocycles. The standard InChI is InChI=1S/C19H13BrF2N2O3.C19H14BrFN2O3/c1-27-13-4-2-3-10(5-13)11-6-15(21)17(16(22)7-11)24-18-14(19(25)26)8-12(20)9-23-18;1-26-14-4-2-3-11(7-14)12-5-6-17(16(21)8-12)23-18-15(19(24)25)9-13(20)10-22-18/h2-9H,1H3,(H,23,24)(H,25,26);2-10H,1H3,(H,22,23)(H,24,25). The van der Waals surface area contributed by atoms with Crippen molar-refractivity contribution in [3.8, 4) is 33.8 Å². The van der Waals surface area contributed by atoms with Crippen LogP contribution in [0, 0.1) is 17.5 Å². The summed E-state index contributed by atoms with van der Waals surface area (Å²) in [5, 5.41) is 23.7. The normalized spacial score (nSPS) is 10.5. The van der Waals surface area contributed by atoms with Crippen molar-refractivity contribution in [1.29, 1.82) is 0 Å². The molecule has 10 nitrogen and oxygen atoms in total. The number of hydrogen-bond acceptors (Lipinski definition) is 8. The lowest BCUT2D eigenvalue weighted by Gasteiger charge is -2.12. The van der Waals surface area contributed by atoms with Crippen LogP contribution in [0.5, 0.6) is 11.5 Å². The van der Waals surface area contributed by atoms with Crippen molar-refractivity contribution in [3.05, 3.63) is 141 Å². The summed E-state index contributed by atoms with van der Waals surface area (Å²) in [6.07, 6.45) is 2.77. The van der Waals surface area contributed by atoms with Crippen LogP contribution in [0.2, 0.25) is 0 Å². The molecule has 15 heteroatoms. The van der Waals surface area contributed by atoms with Gasteiger partial charge in [-0.2, -0.15) is 0 Å². The molecular formula is C38H27Br2F3N4O6. The van der Waals surface area contributed by atoms with Crippen molar-refractivity contribution in [2.24, 2.45) is 0 Å². The Hall–Kier alpha value is -5.93. The van der Waals surface area contributed by atoms with Crippen LogP contribution < -0.4 is 20.1 Å². The molecule has 6 aromatic rings. The van der Waals surface area contributed by atoms with Gasteiger partial charge in [-0.15, -0.1) is 0 Å². The van der Waals surface area contributed by atoms with E-state index in [1.807, 2.05) is 18.2 Å². The fraction of sp³-hybridized carbons (Fsp3) is 0.0526. The highest BCUT2D eigenvalue weighted by Crippen LogP contribution is 2.33. The van der Waals surface area contributed by atoms with Crippen LogP contribution in [-0.4, -0.2) is 46.3 Å². The predicted molar refractivity (Wildman–Crippen MR) is 201 cm³/mol. The van der Waals surface area contributed by atoms with E-state index in [9.17, 15) is 33.0 Å². The smallest absolute Gasteiger partial charge is 0.339 e. The second kappa shape index (κ2) is 17.1. The summed E-state index contributed by atoms with van der Waals surface area (Å²) in [5.74, 6) is -3.59. The first-order valence-electron chi connectivity index (χ1n) is 15.3. The number of rotatable bonds is 10. The van der Waals surface area contributed by atoms with Gasteiger partial charge in [-0.25, -0.2) is 32.7 Å². The highest BCUT2D eigenvalue weighted by molar-refractivity contribution is 9.10. The summed E-state index contributed by atoms with van der Waals surface area (Å²) < 4.78 is 54.9. The van der Waals surface area contributed by atoms with E-state index in [-0.39, 0.29) is 28.5 Å². The van der Waals surface area contributed by atoms with E-state index in [4.69, 9.17) is 9.47 Å². The maximum absolute atomic E-state index is 14.6. The second-order valence-electron chi connectivity index (χ2n) is 10.9. The average molecular weight is 852 g/mol. The zero-order chi connectivity index (χ0) is 38.2. The summed E-state index contributed by atoms with van der Waals surface area (Å²) in [7, 11) is 3.07. The molecule has 0 aliphatic rings. The number of hydrogen-bond donors (Lipinski definition) is 4. The third-order valence-corrected chi connectivity index (χ3v) is 8.35. The van der Waals surface area contributed by atoms with E-state index in [1.54, 1.807) is 49.6 Å². The number of aromatic nitrogens is 2. The van der Waals surface area contributed by atoms with Gasteiger partial charge in [-0.1, -0.05) is 30.3 Å². The maximum Gasteiger partial charge on any atom is 0.339 e. The Morgan fingerprint density at radius 2 is 1.06 bits per heavy atom. The Morgan fingerprint density at radius 1 is 0.604 bits per heavy atom. The first-order valence-corrected chi connectivity index (χ1v) is 16.8. The number of pyridine rings is 2. The Balaban J connectivity index is 0.000000204. The molecule has 0 bridgehead atoms. The number of ether oxygens (including phenoxy) is 2. The van der Waals surface area contributed by atoms with E-state index in [2.05, 4.69) is 52.5 Å². The minimum Gasteiger partial charge on any atom is -0.497 e. The molecule has 2 heterocycles. The van der Waals surface area contributed by atoms with E-state index in [0.717, 1.165) is 17.7 Å². The van der Waals surface area contributed by atoms with Crippen LogP contribution in [0.4, 0.5) is 36.2 Å². The number of anilines is 4. The zero-order valence-corrected chi connectivity index (χ0v) is 30.8. The highest BCUT2D eigenvalue weighted by Gasteiger charge is 2.19. The molecule has 0 aliphatic heterocycles. The molecule has 6 rings (SSSR count). The Morgan fingerprint density at radius 3 is 1.53 bits per heavy atom. The largest absolute Gasteiger partial charge is 0.497 e. The van der Waals surface area contributed by atoms with E-state index in [1.165, 1.54) is 37.7 Å². The SMILES string of the molecule is COc1cccc(-c2cc(F)c(Nc3ncc(Br)cc3C(=O)O)c(F)c2)c1.COc1cccc(-c2ccc(Nc3ncc(Br)cc3C(=O)O)c(F)c2)c1. The van der Waals surface area contributed by atoms with Crippen LogP contribution in [0.1, 0.15) is 20.7 Å². The van der Waals surface area contributed by atoms with Gasteiger partial charge in [0.15, 0.2) is 0 Å². The summed E-state index contributed by atoms with van der Waals surface area (Å²) >= 11 is 6.29. The minimum atomic E-state index is -1.28. The number of aromatic carboxylic acids is 2. The molecule has 0 aliphatic carbocycles. The minimum absolute atomic E-state index is 0.0596. The van der Waals surface area contributed by atoms with Crippen LogP contribution in [-0.2, 0) is 0 Å². The molecule has 0 fully saturated rings. The summed E-state index contributed by atoms with van der Waals surface area (Å²) in [4.78, 5) is 30.6. The lowest BCUT2D eigenvalue weighted by Crippen LogP contribution is -2.07. The van der Waals surface area contributed by atoms with Crippen LogP contribution in [0.3, 0.4) is 0 Å². The average Bonchev–Trinajstić information content (AvgIpc) is 3.15. The third kappa shape index (κ3) is 9.50. The highest BCUT2D eigenvalue weighted by atomic mass is 79.9. The fourth-order valence-electron chi connectivity index (χ4n) is 4.91. The van der Waals surface area contributed by atoms with Gasteiger partial charge in [0.2, 0.25) is 0 Å². The number of methoxy groups -OCH3 is 2. The van der Waals surface area contributed by atoms with Crippen molar-refractivity contribution in [1.82, 2.24) is 9.97 Å². The number of nitrogens with one attached hydrogen (secondary N) is 2. The number of carboxylic acids is 2. The summed E-state index contributed by atoms with van der Waals surface area (Å²) in [6.45, 7) is 0. The molecule has 2 aromatic heterocycles. The van der Waals surface area contributed by atoms with E-state index < -0.39 is 35.1 Å². The van der Waals surface area contributed by atoms with Gasteiger partial charge in [0.1, 0.15) is 57.4 Å². The molecule has 4 N–H and O–H groups in total. The van der Waals surface area contributed by atoms with Gasteiger partial charge in [0, 0.05) is 21.3 Å². The van der Waals surface area contributed by atoms with Gasteiger partial charge in [0.25, 0.3) is 0 Å². The van der Waals surface area contributed by atoms with Crippen LogP contribution >= 0.6 is 31.9 Å². The monoisotopic (exact) mass is 850 g/mol. The Bertz CT molecular complexity index is 2310. The van der Waals surface area contributed by atoms with Crippen molar-refractivity contribution < 1.29 is 42.4 Å². The van der Waals surface area contributed by atoms with E-state index >= 15 is 0 Å². The fourth-order valence-corrected chi connectivity index (χ4v) is 5.57. The number of benzene rings is 4. The molecule has 0 amide bonds. The molecule has 270 valence electrons. The van der Waals surface area contributed by atoms with Gasteiger partial charge in [0.05, 0.1) is 19.9 Å². The van der Waals surface area contributed by atoms with Crippen molar-refractivity contribution in [2.45, 2.75) is 0 Å². The lowest BCUT2D eigenvalue weighted by molar-refractivity contribution is 0.0686. The number of nitrogens with zero attached hydrogens (tertiary/aromatic N) is 2. The molecule has 53 heavy (non-hydrogen) atoms. The van der Waals surface area contributed by atoms with Gasteiger partial charge < -0.3 is 30.3 Å². The number of carbonyl (C=O) groups is 2. The molecule has 4 aromatic carbocycles. The molecule has 0 saturated carbocycles. The first kappa shape index (κ1) is 38.3. The van der Waals surface area contributed by atoms with Gasteiger partial charge >= 0.3 is 11.9 Å². The maximum atomic E-state index is 14.6. The van der Waals surface area contributed by atoms with Crippen molar-refractivity contribution in [2.75, 3.05) is 24.9 Å². The zero-order valence-electron chi connectivity index (χ0n) is 27.6. The number of carboxylic acid groups (broad SMARTS) is 2. The number of halogens is 5. The van der Waals surface area contributed by atoms with Crippen LogP contribution in [0.25, 0.3) is 22.3 Å². The molecule has 0 unspecified atom stereocenters. The molecular weight excluding hydrogens is 825 g/mol. The topological polar surface area (TPSA) is 143 Å². The second-order valence-corrected chi connectivity index (χ2v) is 12.8. The van der Waals surface area contributed by atoms with Crippen LogP contribution in [0.15, 0.2) is 112 Å².